The van der Waals surface area contributed by atoms with Gasteiger partial charge in [0.15, 0.2) is 17.2 Å². The van der Waals surface area contributed by atoms with Crippen LogP contribution in [-0.2, 0) is 13.0 Å². The summed E-state index contributed by atoms with van der Waals surface area (Å²) in [5, 5.41) is 8.40. The Morgan fingerprint density at radius 1 is 1.00 bits per heavy atom. The highest BCUT2D eigenvalue weighted by Gasteiger charge is 2.19. The van der Waals surface area contributed by atoms with Crippen LogP contribution in [-0.4, -0.2) is 20.7 Å². The number of nitrogens with zero attached hydrogens (tertiary/aromatic N) is 3. The van der Waals surface area contributed by atoms with Crippen LogP contribution in [0.4, 0.5) is 8.78 Å². The van der Waals surface area contributed by atoms with Crippen molar-refractivity contribution < 1.29 is 18.1 Å². The van der Waals surface area contributed by atoms with Gasteiger partial charge in [-0.05, 0) is 55.8 Å². The van der Waals surface area contributed by atoms with E-state index in [1.807, 2.05) is 13.8 Å². The summed E-state index contributed by atoms with van der Waals surface area (Å²) in [6.07, 6.45) is 0.135. The number of carbonyl (C=O) groups excluding carboxylic acids is 1. The monoisotopic (exact) mass is 407 g/mol. The summed E-state index contributed by atoms with van der Waals surface area (Å²) in [4.78, 5) is 12.8. The van der Waals surface area contributed by atoms with Crippen molar-refractivity contribution in [2.75, 3.05) is 0 Å². The molecule has 0 radical (unpaired) electrons. The molecule has 30 heavy (non-hydrogen) atoms. The molecule has 5 nitrogen and oxygen atoms in total. The van der Waals surface area contributed by atoms with Gasteiger partial charge in [-0.3, -0.25) is 9.48 Å². The largest absolute Gasteiger partial charge is 0.356 e. The molecule has 0 N–H and O–H groups in total. The average Bonchev–Trinajstić information content (AvgIpc) is 3.32. The third-order valence-electron chi connectivity index (χ3n) is 5.04. The van der Waals surface area contributed by atoms with Crippen molar-refractivity contribution in [1.82, 2.24) is 14.9 Å². The predicted molar refractivity (Wildman–Crippen MR) is 107 cm³/mol. The first kappa shape index (κ1) is 19.7. The smallest absolute Gasteiger partial charge is 0.189 e. The Labute approximate surface area is 171 Å². The Balaban J connectivity index is 1.51. The van der Waals surface area contributed by atoms with Crippen molar-refractivity contribution in [3.8, 4) is 11.3 Å². The van der Waals surface area contributed by atoms with E-state index in [-0.39, 0.29) is 29.5 Å². The van der Waals surface area contributed by atoms with Crippen LogP contribution in [0.3, 0.4) is 0 Å². The number of rotatable bonds is 6. The second kappa shape index (κ2) is 8.02. The SMILES string of the molecule is Cc1nn(Cc2ccc(F)cc2)c(C)c1CC(=O)c1cc(-c2ccc(F)cc2)on1. The molecular formula is C23H19F2N3O2. The number of halogens is 2. The van der Waals surface area contributed by atoms with E-state index in [0.29, 0.717) is 17.9 Å². The molecule has 0 aliphatic rings. The van der Waals surface area contributed by atoms with Crippen molar-refractivity contribution in [2.45, 2.75) is 26.8 Å². The van der Waals surface area contributed by atoms with Crippen LogP contribution >= 0.6 is 0 Å². The highest BCUT2D eigenvalue weighted by atomic mass is 19.1. The molecule has 0 atom stereocenters. The molecule has 0 unspecified atom stereocenters. The van der Waals surface area contributed by atoms with Gasteiger partial charge in [0.2, 0.25) is 0 Å². The second-order valence-corrected chi connectivity index (χ2v) is 7.12. The minimum Gasteiger partial charge on any atom is -0.356 e. The van der Waals surface area contributed by atoms with Crippen molar-refractivity contribution in [3.05, 3.63) is 94.4 Å². The molecule has 0 aliphatic carbocycles. The first-order valence-electron chi connectivity index (χ1n) is 9.44. The first-order valence-corrected chi connectivity index (χ1v) is 9.44. The predicted octanol–water partition coefficient (Wildman–Crippen LogP) is 4.91. The van der Waals surface area contributed by atoms with Crippen LogP contribution in [0, 0.1) is 25.5 Å². The number of ketones is 1. The fourth-order valence-electron chi connectivity index (χ4n) is 3.31. The van der Waals surface area contributed by atoms with Crippen molar-refractivity contribution >= 4 is 5.78 Å². The molecule has 0 aliphatic heterocycles. The molecule has 4 rings (SSSR count). The molecule has 0 amide bonds. The zero-order valence-electron chi connectivity index (χ0n) is 16.5. The lowest BCUT2D eigenvalue weighted by atomic mass is 10.0. The van der Waals surface area contributed by atoms with Crippen molar-refractivity contribution in [2.24, 2.45) is 0 Å². The van der Waals surface area contributed by atoms with Gasteiger partial charge in [0.05, 0.1) is 12.2 Å². The number of hydrogen-bond acceptors (Lipinski definition) is 4. The van der Waals surface area contributed by atoms with E-state index in [9.17, 15) is 13.6 Å². The number of hydrogen-bond donors (Lipinski definition) is 0. The summed E-state index contributed by atoms with van der Waals surface area (Å²) < 4.78 is 33.3. The molecule has 0 bridgehead atoms. The standard InChI is InChI=1S/C23H19F2N3O2/c1-14-20(15(2)28(26-14)13-16-3-7-18(24)8-4-16)11-22(29)21-12-23(30-27-21)17-5-9-19(25)10-6-17/h3-10,12H,11,13H2,1-2H3. The van der Waals surface area contributed by atoms with Crippen LogP contribution in [0.15, 0.2) is 59.1 Å². The van der Waals surface area contributed by atoms with E-state index in [0.717, 1.165) is 22.5 Å². The highest BCUT2D eigenvalue weighted by Crippen LogP contribution is 2.22. The molecule has 7 heteroatoms. The number of Topliss-reactive ketones (excluding diaryl/α,β-unsaturated/α-hetero) is 1. The molecule has 2 aromatic heterocycles. The van der Waals surface area contributed by atoms with E-state index < -0.39 is 0 Å². The number of benzene rings is 2. The Kier molecular flexibility index (Phi) is 5.27. The van der Waals surface area contributed by atoms with Crippen molar-refractivity contribution in [1.29, 1.82) is 0 Å². The fourth-order valence-corrected chi connectivity index (χ4v) is 3.31. The van der Waals surface area contributed by atoms with Gasteiger partial charge >= 0.3 is 0 Å². The van der Waals surface area contributed by atoms with E-state index >= 15 is 0 Å². The third-order valence-corrected chi connectivity index (χ3v) is 5.04. The molecule has 152 valence electrons. The Bertz CT molecular complexity index is 1190. The van der Waals surface area contributed by atoms with Gasteiger partial charge in [0.25, 0.3) is 0 Å². The summed E-state index contributed by atoms with van der Waals surface area (Å²) in [5.74, 6) is -0.428. The number of aryl methyl sites for hydroxylation is 1. The van der Waals surface area contributed by atoms with Crippen LogP contribution < -0.4 is 0 Å². The lowest BCUT2D eigenvalue weighted by molar-refractivity contribution is 0.0984. The summed E-state index contributed by atoms with van der Waals surface area (Å²) >= 11 is 0. The van der Waals surface area contributed by atoms with Gasteiger partial charge in [-0.25, -0.2) is 8.78 Å². The maximum atomic E-state index is 13.1. The minimum atomic E-state index is -0.349. The zero-order valence-corrected chi connectivity index (χ0v) is 16.5. The van der Waals surface area contributed by atoms with Crippen LogP contribution in [0.1, 0.15) is 33.0 Å². The molecular weight excluding hydrogens is 388 g/mol. The lowest BCUT2D eigenvalue weighted by Crippen LogP contribution is -2.07. The van der Waals surface area contributed by atoms with Crippen molar-refractivity contribution in [3.63, 3.8) is 0 Å². The van der Waals surface area contributed by atoms with Gasteiger partial charge in [-0.2, -0.15) is 5.10 Å². The highest BCUT2D eigenvalue weighted by molar-refractivity contribution is 5.96. The summed E-state index contributed by atoms with van der Waals surface area (Å²) in [5.41, 5.74) is 4.22. The minimum absolute atomic E-state index is 0.135. The van der Waals surface area contributed by atoms with Gasteiger partial charge in [0.1, 0.15) is 11.6 Å². The Morgan fingerprint density at radius 3 is 2.30 bits per heavy atom. The summed E-state index contributed by atoms with van der Waals surface area (Å²) in [6, 6.07) is 13.6. The third kappa shape index (κ3) is 4.05. The average molecular weight is 407 g/mol. The molecule has 0 saturated heterocycles. The van der Waals surface area contributed by atoms with Crippen LogP contribution in [0.25, 0.3) is 11.3 Å². The zero-order chi connectivity index (χ0) is 21.3. The van der Waals surface area contributed by atoms with E-state index in [1.54, 1.807) is 35.0 Å². The lowest BCUT2D eigenvalue weighted by Gasteiger charge is -2.05. The molecule has 0 spiro atoms. The number of aromatic nitrogens is 3. The first-order chi connectivity index (χ1) is 14.4. The quantitative estimate of drug-likeness (QED) is 0.426. The van der Waals surface area contributed by atoms with Gasteiger partial charge < -0.3 is 4.52 Å². The summed E-state index contributed by atoms with van der Waals surface area (Å²) in [6.45, 7) is 4.24. The summed E-state index contributed by atoms with van der Waals surface area (Å²) in [7, 11) is 0. The molecule has 0 saturated carbocycles. The van der Waals surface area contributed by atoms with E-state index in [4.69, 9.17) is 4.52 Å². The molecule has 2 aromatic carbocycles. The Hall–Kier alpha value is -3.61. The van der Waals surface area contributed by atoms with Gasteiger partial charge in [-0.1, -0.05) is 17.3 Å². The van der Waals surface area contributed by atoms with E-state index in [1.165, 1.54) is 24.3 Å². The topological polar surface area (TPSA) is 60.9 Å². The fraction of sp³-hybridized carbons (Fsp3) is 0.174. The maximum Gasteiger partial charge on any atom is 0.189 e. The van der Waals surface area contributed by atoms with Crippen LogP contribution in [0.2, 0.25) is 0 Å². The second-order valence-electron chi connectivity index (χ2n) is 7.12. The van der Waals surface area contributed by atoms with Gasteiger partial charge in [0, 0.05) is 29.3 Å². The Morgan fingerprint density at radius 2 is 1.63 bits per heavy atom. The molecule has 2 heterocycles. The van der Waals surface area contributed by atoms with Crippen LogP contribution in [0.5, 0.6) is 0 Å². The normalized spacial score (nSPS) is 11.1. The molecule has 4 aromatic rings. The molecule has 0 fully saturated rings. The maximum absolute atomic E-state index is 13.1. The number of carbonyl (C=O) groups is 1. The van der Waals surface area contributed by atoms with E-state index in [2.05, 4.69) is 10.3 Å². The van der Waals surface area contributed by atoms with Gasteiger partial charge in [-0.15, -0.1) is 0 Å².